The van der Waals surface area contributed by atoms with Gasteiger partial charge in [-0.15, -0.1) is 0 Å². The highest BCUT2D eigenvalue weighted by molar-refractivity contribution is 5.94. The van der Waals surface area contributed by atoms with Gasteiger partial charge in [-0.05, 0) is 61.4 Å². The molecule has 26 heavy (non-hydrogen) atoms. The number of carbonyl (C=O) groups is 1. The van der Waals surface area contributed by atoms with Gasteiger partial charge in [0.25, 0.3) is 6.02 Å². The maximum atomic E-state index is 11.6. The van der Waals surface area contributed by atoms with Crippen LogP contribution in [0.2, 0.25) is 0 Å². The van der Waals surface area contributed by atoms with E-state index in [1.165, 1.54) is 19.3 Å². The van der Waals surface area contributed by atoms with Crippen LogP contribution < -0.4 is 11.1 Å². The molecular weight excluding hydrogens is 326 g/mol. The van der Waals surface area contributed by atoms with E-state index in [-0.39, 0.29) is 17.8 Å². The smallest absolute Gasteiger partial charge is 0.287 e. The Balaban J connectivity index is 0.000000157. The van der Waals surface area contributed by atoms with Gasteiger partial charge in [0.1, 0.15) is 6.61 Å². The maximum absolute atomic E-state index is 11.6. The molecular formula is C21H23N3O2. The first-order valence-electron chi connectivity index (χ1n) is 9.16. The molecule has 5 rings (SSSR count). The maximum Gasteiger partial charge on any atom is 0.287 e. The quantitative estimate of drug-likeness (QED) is 0.868. The molecule has 1 amide bonds. The number of hydrogen-bond acceptors (Lipinski definition) is 4. The van der Waals surface area contributed by atoms with Crippen molar-refractivity contribution < 1.29 is 9.53 Å². The number of hydrogen-bond donors (Lipinski definition) is 2. The Morgan fingerprint density at radius 1 is 1.08 bits per heavy atom. The summed E-state index contributed by atoms with van der Waals surface area (Å²) in [5, 5.41) is 2.89. The largest absolute Gasteiger partial charge is 0.460 e. The minimum atomic E-state index is 0.102. The van der Waals surface area contributed by atoms with Crippen LogP contribution in [0.25, 0.3) is 0 Å². The van der Waals surface area contributed by atoms with Gasteiger partial charge >= 0.3 is 0 Å². The Morgan fingerprint density at radius 2 is 1.81 bits per heavy atom. The number of amides is 1. The lowest BCUT2D eigenvalue weighted by atomic mass is 10.1. The van der Waals surface area contributed by atoms with Gasteiger partial charge in [-0.2, -0.15) is 4.99 Å². The highest BCUT2D eigenvalue weighted by Gasteiger charge is 2.29. The van der Waals surface area contributed by atoms with Crippen LogP contribution in [-0.2, 0) is 29.0 Å². The molecule has 0 aromatic heterocycles. The van der Waals surface area contributed by atoms with E-state index in [0.717, 1.165) is 29.8 Å². The number of fused-ring (bicyclic) bond motifs is 2. The number of amidine groups is 1. The summed E-state index contributed by atoms with van der Waals surface area (Å²) >= 11 is 0. The first-order chi connectivity index (χ1) is 12.7. The molecule has 5 nitrogen and oxygen atoms in total. The van der Waals surface area contributed by atoms with E-state index in [0.29, 0.717) is 6.61 Å². The molecule has 0 saturated heterocycles. The molecule has 3 aliphatic rings. The summed E-state index contributed by atoms with van der Waals surface area (Å²) in [7, 11) is 0. The van der Waals surface area contributed by atoms with E-state index < -0.39 is 0 Å². The second kappa shape index (κ2) is 7.20. The van der Waals surface area contributed by atoms with Crippen molar-refractivity contribution in [3.8, 4) is 0 Å². The van der Waals surface area contributed by atoms with Gasteiger partial charge in [0.05, 0.1) is 5.69 Å². The van der Waals surface area contributed by atoms with Crippen molar-refractivity contribution in [2.75, 3.05) is 5.32 Å². The SMILES string of the molecule is NC1=Nc2ccc(NC(=O)C3CC3)cc2CO1.c1ccc2c(c1)CCC2. The fourth-order valence-corrected chi connectivity index (χ4v) is 3.30. The van der Waals surface area contributed by atoms with Gasteiger partial charge in [-0.25, -0.2) is 0 Å². The molecule has 2 aliphatic carbocycles. The van der Waals surface area contributed by atoms with Gasteiger partial charge in [0, 0.05) is 17.2 Å². The second-order valence-corrected chi connectivity index (χ2v) is 6.97. The third kappa shape index (κ3) is 3.87. The highest BCUT2D eigenvalue weighted by Crippen LogP contribution is 2.31. The lowest BCUT2D eigenvalue weighted by Gasteiger charge is -2.15. The van der Waals surface area contributed by atoms with E-state index in [4.69, 9.17) is 10.5 Å². The Hall–Kier alpha value is -2.82. The fraction of sp³-hybridized carbons (Fsp3) is 0.333. The lowest BCUT2D eigenvalue weighted by Crippen LogP contribution is -2.19. The third-order valence-electron chi connectivity index (χ3n) is 4.91. The van der Waals surface area contributed by atoms with Crippen molar-refractivity contribution in [2.45, 2.75) is 38.7 Å². The summed E-state index contributed by atoms with van der Waals surface area (Å²) in [5.41, 5.74) is 11.1. The first-order valence-corrected chi connectivity index (χ1v) is 9.16. The molecule has 0 unspecified atom stereocenters. The Labute approximate surface area is 153 Å². The summed E-state index contributed by atoms with van der Waals surface area (Å²) < 4.78 is 5.14. The molecule has 1 aliphatic heterocycles. The van der Waals surface area contributed by atoms with Crippen molar-refractivity contribution in [2.24, 2.45) is 16.6 Å². The van der Waals surface area contributed by atoms with Crippen LogP contribution in [0, 0.1) is 5.92 Å². The van der Waals surface area contributed by atoms with Crippen molar-refractivity contribution in [1.82, 2.24) is 0 Å². The average molecular weight is 349 g/mol. The molecule has 1 fully saturated rings. The number of ether oxygens (including phenoxy) is 1. The van der Waals surface area contributed by atoms with Crippen LogP contribution in [0.1, 0.15) is 36.0 Å². The standard InChI is InChI=1S/C12H13N3O2.C9H10/c13-12-15-10-4-3-9(5-8(10)6-17-12)14-11(16)7-1-2-7;1-2-5-9-7-3-6-8(9)4-1/h3-5,7H,1-2,6H2,(H2,13,15)(H,14,16);1-2,4-5H,3,6-7H2. The van der Waals surface area contributed by atoms with E-state index >= 15 is 0 Å². The van der Waals surface area contributed by atoms with Crippen LogP contribution in [0.5, 0.6) is 0 Å². The predicted octanol–water partition coefficient (Wildman–Crippen LogP) is 3.69. The molecule has 0 atom stereocenters. The van der Waals surface area contributed by atoms with Crippen LogP contribution in [0.3, 0.4) is 0 Å². The molecule has 134 valence electrons. The average Bonchev–Trinajstić information content (AvgIpc) is 3.40. The van der Waals surface area contributed by atoms with E-state index in [1.807, 2.05) is 18.2 Å². The monoisotopic (exact) mass is 349 g/mol. The summed E-state index contributed by atoms with van der Waals surface area (Å²) in [6, 6.07) is 14.5. The van der Waals surface area contributed by atoms with E-state index in [2.05, 4.69) is 34.6 Å². The van der Waals surface area contributed by atoms with Gasteiger partial charge in [-0.1, -0.05) is 24.3 Å². The minimum absolute atomic E-state index is 0.102. The van der Waals surface area contributed by atoms with E-state index in [1.54, 1.807) is 11.1 Å². The number of rotatable bonds is 2. The molecule has 1 heterocycles. The predicted molar refractivity (Wildman–Crippen MR) is 102 cm³/mol. The summed E-state index contributed by atoms with van der Waals surface area (Å²) in [5.74, 6) is 0.306. The zero-order valence-corrected chi connectivity index (χ0v) is 14.7. The van der Waals surface area contributed by atoms with E-state index in [9.17, 15) is 4.79 Å². The molecule has 2 aromatic rings. The molecule has 0 spiro atoms. The van der Waals surface area contributed by atoms with Crippen LogP contribution in [0.15, 0.2) is 47.5 Å². The molecule has 0 radical (unpaired) electrons. The second-order valence-electron chi connectivity index (χ2n) is 6.97. The van der Waals surface area contributed by atoms with Gasteiger partial charge in [0.15, 0.2) is 0 Å². The van der Waals surface area contributed by atoms with Crippen molar-refractivity contribution in [3.63, 3.8) is 0 Å². The van der Waals surface area contributed by atoms with Crippen LogP contribution >= 0.6 is 0 Å². The zero-order chi connectivity index (χ0) is 17.9. The number of nitrogens with one attached hydrogen (secondary N) is 1. The third-order valence-corrected chi connectivity index (χ3v) is 4.91. The van der Waals surface area contributed by atoms with Gasteiger partial charge < -0.3 is 15.8 Å². The number of benzene rings is 2. The Morgan fingerprint density at radius 3 is 2.50 bits per heavy atom. The van der Waals surface area contributed by atoms with Crippen molar-refractivity contribution >= 4 is 23.3 Å². The number of carbonyl (C=O) groups excluding carboxylic acids is 1. The number of nitrogens with zero attached hydrogens (tertiary/aromatic N) is 1. The first kappa shape index (κ1) is 16.6. The summed E-state index contributed by atoms with van der Waals surface area (Å²) in [4.78, 5) is 15.7. The number of aryl methyl sites for hydroxylation is 2. The number of anilines is 1. The molecule has 3 N–H and O–H groups in total. The van der Waals surface area contributed by atoms with Gasteiger partial charge in [0.2, 0.25) is 5.91 Å². The van der Waals surface area contributed by atoms with Crippen molar-refractivity contribution in [3.05, 3.63) is 59.2 Å². The highest BCUT2D eigenvalue weighted by atomic mass is 16.5. The normalized spacial score (nSPS) is 17.0. The Bertz CT molecular complexity index is 833. The Kier molecular flexibility index (Phi) is 4.61. The molecule has 2 aromatic carbocycles. The van der Waals surface area contributed by atoms with Gasteiger partial charge in [-0.3, -0.25) is 4.79 Å². The summed E-state index contributed by atoms with van der Waals surface area (Å²) in [6.45, 7) is 0.401. The molecule has 5 heteroatoms. The molecule has 1 saturated carbocycles. The fourth-order valence-electron chi connectivity index (χ4n) is 3.30. The molecule has 0 bridgehead atoms. The lowest BCUT2D eigenvalue weighted by molar-refractivity contribution is -0.117. The zero-order valence-electron chi connectivity index (χ0n) is 14.7. The minimum Gasteiger partial charge on any atom is -0.460 e. The van der Waals surface area contributed by atoms with Crippen LogP contribution in [-0.4, -0.2) is 11.9 Å². The van der Waals surface area contributed by atoms with Crippen molar-refractivity contribution in [1.29, 1.82) is 0 Å². The topological polar surface area (TPSA) is 76.7 Å². The van der Waals surface area contributed by atoms with Crippen LogP contribution in [0.4, 0.5) is 11.4 Å². The summed E-state index contributed by atoms with van der Waals surface area (Å²) in [6.07, 6.45) is 5.97. The number of aliphatic imine (C=N–C) groups is 1. The number of nitrogens with two attached hydrogens (primary N) is 1.